The average Bonchev–Trinajstić information content (AvgIpc) is 2.80. The fraction of sp³-hybridized carbons (Fsp3) is 0.250. The van der Waals surface area contributed by atoms with E-state index in [-0.39, 0.29) is 5.17 Å². The van der Waals surface area contributed by atoms with Gasteiger partial charge >= 0.3 is 0 Å². The largest absolute Gasteiger partial charge is 0.378 e. The Morgan fingerprint density at radius 2 is 2.21 bits per heavy atom. The third kappa shape index (κ3) is 1.58. The Kier molecular flexibility index (Phi) is 2.45. The van der Waals surface area contributed by atoms with E-state index in [0.717, 1.165) is 17.3 Å². The summed E-state index contributed by atoms with van der Waals surface area (Å²) in [6.07, 6.45) is 0. The van der Waals surface area contributed by atoms with Gasteiger partial charge in [0.2, 0.25) is 0 Å². The topological polar surface area (TPSA) is 105 Å². The Hall–Kier alpha value is -1.86. The summed E-state index contributed by atoms with van der Waals surface area (Å²) in [7, 11) is 0. The summed E-state index contributed by atoms with van der Waals surface area (Å²) < 4.78 is 0. The van der Waals surface area contributed by atoms with E-state index in [2.05, 4.69) is 10.3 Å². The Bertz CT molecular complexity index is 643. The Labute approximate surface area is 113 Å². The Balaban J connectivity index is 2.13. The minimum absolute atomic E-state index is 0.0670. The van der Waals surface area contributed by atoms with Crippen molar-refractivity contribution in [2.24, 2.45) is 10.7 Å². The summed E-state index contributed by atoms with van der Waals surface area (Å²) in [6.45, 7) is 1.85. The van der Waals surface area contributed by atoms with E-state index < -0.39 is 22.7 Å². The lowest BCUT2D eigenvalue weighted by atomic mass is 9.90. The number of anilines is 1. The minimum atomic E-state index is -1.92. The first-order chi connectivity index (χ1) is 8.92. The molecule has 1 aromatic carbocycles. The molecule has 0 bridgehead atoms. The lowest BCUT2D eigenvalue weighted by Crippen LogP contribution is -2.46. The highest BCUT2D eigenvalue weighted by Gasteiger charge is 2.56. The number of amidine groups is 1. The van der Waals surface area contributed by atoms with Crippen LogP contribution in [-0.2, 0) is 15.2 Å². The van der Waals surface area contributed by atoms with Crippen molar-refractivity contribution in [2.45, 2.75) is 17.8 Å². The van der Waals surface area contributed by atoms with Crippen LogP contribution < -0.4 is 11.1 Å². The van der Waals surface area contributed by atoms with Crippen LogP contribution in [0.15, 0.2) is 23.2 Å². The third-order valence-corrected chi connectivity index (χ3v) is 4.35. The standard InChI is InChI=1S/C12H11N3O3S/c1-5-2-3-7-6(4-5)12(18,10(17)14-7)8-9(16)15-11(13)19-8/h2-4,8,18H,1H3,(H,14,17)(H2,13,15,16). The molecule has 2 heterocycles. The number of carbonyl (C=O) groups excluding carboxylic acids is 2. The molecule has 7 heteroatoms. The molecule has 0 saturated carbocycles. The summed E-state index contributed by atoms with van der Waals surface area (Å²) in [5, 5.41) is 12.4. The van der Waals surface area contributed by atoms with E-state index in [1.165, 1.54) is 0 Å². The maximum Gasteiger partial charge on any atom is 0.265 e. The molecule has 19 heavy (non-hydrogen) atoms. The lowest BCUT2D eigenvalue weighted by molar-refractivity contribution is -0.138. The van der Waals surface area contributed by atoms with E-state index in [1.807, 2.05) is 13.0 Å². The molecule has 0 saturated heterocycles. The van der Waals surface area contributed by atoms with Gasteiger partial charge in [-0.25, -0.2) is 0 Å². The van der Waals surface area contributed by atoms with Gasteiger partial charge in [-0.2, -0.15) is 4.99 Å². The summed E-state index contributed by atoms with van der Waals surface area (Å²) >= 11 is 0.910. The number of benzene rings is 1. The first-order valence-corrected chi connectivity index (χ1v) is 6.50. The molecule has 0 spiro atoms. The van der Waals surface area contributed by atoms with Crippen molar-refractivity contribution in [3.05, 3.63) is 29.3 Å². The Morgan fingerprint density at radius 3 is 2.84 bits per heavy atom. The summed E-state index contributed by atoms with van der Waals surface area (Å²) in [4.78, 5) is 27.4. The van der Waals surface area contributed by atoms with Crippen molar-refractivity contribution in [1.29, 1.82) is 0 Å². The van der Waals surface area contributed by atoms with Crippen molar-refractivity contribution < 1.29 is 14.7 Å². The highest BCUT2D eigenvalue weighted by Crippen LogP contribution is 2.44. The second-order valence-electron chi connectivity index (χ2n) is 4.56. The number of fused-ring (bicyclic) bond motifs is 1. The van der Waals surface area contributed by atoms with Gasteiger partial charge < -0.3 is 16.2 Å². The first kappa shape index (κ1) is 12.2. The fourth-order valence-electron chi connectivity index (χ4n) is 2.31. The number of hydrogen-bond donors (Lipinski definition) is 3. The molecule has 2 atom stereocenters. The molecule has 98 valence electrons. The SMILES string of the molecule is Cc1ccc2c(c1)C(O)(C1SC(N)=NC1=O)C(=O)N2. The number of aliphatic hydroxyl groups is 1. The molecule has 6 nitrogen and oxygen atoms in total. The Morgan fingerprint density at radius 1 is 1.47 bits per heavy atom. The number of nitrogens with one attached hydrogen (secondary N) is 1. The molecule has 1 aromatic rings. The summed E-state index contributed by atoms with van der Waals surface area (Å²) in [6, 6.07) is 5.21. The van der Waals surface area contributed by atoms with E-state index in [1.54, 1.807) is 12.1 Å². The van der Waals surface area contributed by atoms with Gasteiger partial charge in [-0.3, -0.25) is 9.59 Å². The maximum atomic E-state index is 12.1. The molecule has 2 amide bonds. The van der Waals surface area contributed by atoms with Crippen LogP contribution in [0, 0.1) is 6.92 Å². The molecule has 0 aliphatic carbocycles. The number of aliphatic imine (C=N–C) groups is 1. The van der Waals surface area contributed by atoms with Crippen molar-refractivity contribution in [2.75, 3.05) is 5.32 Å². The molecule has 0 aromatic heterocycles. The first-order valence-electron chi connectivity index (χ1n) is 5.62. The van der Waals surface area contributed by atoms with Crippen molar-refractivity contribution in [1.82, 2.24) is 0 Å². The van der Waals surface area contributed by atoms with Gasteiger partial charge in [0.25, 0.3) is 11.8 Å². The predicted octanol–water partition coefficient (Wildman–Crippen LogP) is 0.0914. The zero-order chi connectivity index (χ0) is 13.8. The lowest BCUT2D eigenvalue weighted by Gasteiger charge is -2.25. The van der Waals surface area contributed by atoms with Crippen LogP contribution >= 0.6 is 11.8 Å². The van der Waals surface area contributed by atoms with Crippen LogP contribution in [0.2, 0.25) is 0 Å². The van der Waals surface area contributed by atoms with E-state index >= 15 is 0 Å². The second-order valence-corrected chi connectivity index (χ2v) is 5.68. The molecule has 0 radical (unpaired) electrons. The van der Waals surface area contributed by atoms with Crippen LogP contribution in [0.1, 0.15) is 11.1 Å². The average molecular weight is 277 g/mol. The van der Waals surface area contributed by atoms with Crippen molar-refractivity contribution in [3.8, 4) is 0 Å². The van der Waals surface area contributed by atoms with Gasteiger partial charge in [-0.15, -0.1) is 0 Å². The van der Waals surface area contributed by atoms with E-state index in [9.17, 15) is 14.7 Å². The van der Waals surface area contributed by atoms with Crippen LogP contribution in [0.25, 0.3) is 0 Å². The monoisotopic (exact) mass is 277 g/mol. The number of rotatable bonds is 1. The molecule has 0 fully saturated rings. The van der Waals surface area contributed by atoms with E-state index in [0.29, 0.717) is 11.3 Å². The molecule has 2 unspecified atom stereocenters. The zero-order valence-electron chi connectivity index (χ0n) is 10.0. The molecule has 3 rings (SSSR count). The highest BCUT2D eigenvalue weighted by atomic mass is 32.2. The normalized spacial score (nSPS) is 29.2. The van der Waals surface area contributed by atoms with Gasteiger partial charge in [-0.1, -0.05) is 29.5 Å². The number of nitrogens with two attached hydrogens (primary N) is 1. The minimum Gasteiger partial charge on any atom is -0.378 e. The van der Waals surface area contributed by atoms with Gasteiger partial charge in [0, 0.05) is 11.3 Å². The summed E-state index contributed by atoms with van der Waals surface area (Å²) in [5.74, 6) is -1.21. The predicted molar refractivity (Wildman–Crippen MR) is 71.7 cm³/mol. The number of carbonyl (C=O) groups is 2. The molecule has 2 aliphatic rings. The van der Waals surface area contributed by atoms with Gasteiger partial charge in [0.1, 0.15) is 5.25 Å². The molecule has 2 aliphatic heterocycles. The van der Waals surface area contributed by atoms with Crippen LogP contribution in [0.3, 0.4) is 0 Å². The molecular weight excluding hydrogens is 266 g/mol. The molecule has 4 N–H and O–H groups in total. The number of amides is 2. The smallest absolute Gasteiger partial charge is 0.265 e. The molecular formula is C12H11N3O3S. The third-order valence-electron chi connectivity index (χ3n) is 3.24. The van der Waals surface area contributed by atoms with Gasteiger partial charge in [0.15, 0.2) is 10.8 Å². The van der Waals surface area contributed by atoms with Crippen LogP contribution in [-0.4, -0.2) is 27.3 Å². The van der Waals surface area contributed by atoms with Gasteiger partial charge in [-0.05, 0) is 13.0 Å². The van der Waals surface area contributed by atoms with Gasteiger partial charge in [0.05, 0.1) is 0 Å². The van der Waals surface area contributed by atoms with Crippen molar-refractivity contribution in [3.63, 3.8) is 0 Å². The van der Waals surface area contributed by atoms with Crippen LogP contribution in [0.5, 0.6) is 0 Å². The number of thioether (sulfide) groups is 1. The summed E-state index contributed by atoms with van der Waals surface area (Å²) in [5.41, 5.74) is 5.36. The van der Waals surface area contributed by atoms with E-state index in [4.69, 9.17) is 5.73 Å². The maximum absolute atomic E-state index is 12.1. The zero-order valence-corrected chi connectivity index (χ0v) is 10.8. The number of aryl methyl sites for hydroxylation is 1. The van der Waals surface area contributed by atoms with Crippen molar-refractivity contribution >= 4 is 34.4 Å². The highest BCUT2D eigenvalue weighted by molar-refractivity contribution is 8.15. The number of hydrogen-bond acceptors (Lipinski definition) is 5. The van der Waals surface area contributed by atoms with Crippen LogP contribution in [0.4, 0.5) is 5.69 Å². The second kappa shape index (κ2) is 3.82. The number of nitrogens with zero attached hydrogens (tertiary/aromatic N) is 1. The fourth-order valence-corrected chi connectivity index (χ4v) is 3.25. The quantitative estimate of drug-likeness (QED) is 0.675.